The van der Waals surface area contributed by atoms with Crippen LogP contribution in [-0.4, -0.2) is 31.6 Å². The van der Waals surface area contributed by atoms with Crippen molar-refractivity contribution in [1.82, 2.24) is 4.31 Å². The van der Waals surface area contributed by atoms with Crippen LogP contribution in [0.25, 0.3) is 0 Å². The Balaban J connectivity index is 1.96. The Labute approximate surface area is 99.3 Å². The third-order valence-corrected chi connectivity index (χ3v) is 6.62. The first-order chi connectivity index (χ1) is 7.41. The van der Waals surface area contributed by atoms with E-state index in [0.717, 1.165) is 18.4 Å². The second-order valence-corrected chi connectivity index (χ2v) is 8.41. The van der Waals surface area contributed by atoms with Crippen molar-refractivity contribution in [2.24, 2.45) is 17.8 Å². The summed E-state index contributed by atoms with van der Waals surface area (Å²) in [6.07, 6.45) is 5.30. The smallest absolute Gasteiger partial charge is 0.212 e. The van der Waals surface area contributed by atoms with Gasteiger partial charge in [0.1, 0.15) is 0 Å². The zero-order chi connectivity index (χ0) is 11.9. The van der Waals surface area contributed by atoms with Crippen molar-refractivity contribution in [2.75, 3.05) is 13.6 Å². The molecule has 0 radical (unpaired) electrons. The molecule has 2 bridgehead atoms. The predicted molar refractivity (Wildman–Crippen MR) is 65.6 cm³/mol. The third-order valence-electron chi connectivity index (χ3n) is 4.41. The van der Waals surface area contributed by atoms with Gasteiger partial charge in [-0.05, 0) is 50.9 Å². The van der Waals surface area contributed by atoms with Gasteiger partial charge in [0.25, 0.3) is 0 Å². The van der Waals surface area contributed by atoms with E-state index in [1.54, 1.807) is 25.2 Å². The van der Waals surface area contributed by atoms with Gasteiger partial charge in [0.05, 0.1) is 5.25 Å². The number of rotatable bonds is 4. The van der Waals surface area contributed by atoms with Crippen molar-refractivity contribution in [3.05, 3.63) is 0 Å². The lowest BCUT2D eigenvalue weighted by molar-refractivity contribution is 0.279. The Hall–Kier alpha value is -0.0900. The molecule has 0 aromatic carbocycles. The molecule has 2 rings (SSSR count). The number of hydrogen-bond acceptors (Lipinski definition) is 2. The van der Waals surface area contributed by atoms with Crippen LogP contribution in [0.1, 0.15) is 39.5 Å². The van der Waals surface area contributed by atoms with Crippen LogP contribution in [0, 0.1) is 17.8 Å². The maximum Gasteiger partial charge on any atom is 0.216 e. The molecule has 0 spiro atoms. The van der Waals surface area contributed by atoms with E-state index in [2.05, 4.69) is 0 Å². The fraction of sp³-hybridized carbons (Fsp3) is 1.00. The predicted octanol–water partition coefficient (Wildman–Crippen LogP) is 2.09. The molecule has 2 aliphatic carbocycles. The van der Waals surface area contributed by atoms with Gasteiger partial charge in [-0.2, -0.15) is 0 Å². The summed E-state index contributed by atoms with van der Waals surface area (Å²) in [6, 6.07) is 0. The molecule has 3 atom stereocenters. The summed E-state index contributed by atoms with van der Waals surface area (Å²) in [6.45, 7) is 4.25. The molecule has 2 fully saturated rings. The van der Waals surface area contributed by atoms with E-state index in [-0.39, 0.29) is 5.25 Å². The Morgan fingerprint density at radius 1 is 1.25 bits per heavy atom. The second kappa shape index (κ2) is 4.30. The first-order valence-electron chi connectivity index (χ1n) is 6.36. The van der Waals surface area contributed by atoms with E-state index >= 15 is 0 Å². The van der Waals surface area contributed by atoms with Crippen LogP contribution in [0.3, 0.4) is 0 Å². The standard InChI is InChI=1S/C12H23NO2S/c1-9(2)16(14,15)13(3)8-12-7-10-4-5-11(12)6-10/h9-12H,4-8H2,1-3H3. The molecular weight excluding hydrogens is 222 g/mol. The number of sulfonamides is 1. The maximum atomic E-state index is 12.0. The van der Waals surface area contributed by atoms with Crippen LogP contribution >= 0.6 is 0 Å². The van der Waals surface area contributed by atoms with Gasteiger partial charge in [-0.3, -0.25) is 0 Å². The van der Waals surface area contributed by atoms with Crippen LogP contribution in [-0.2, 0) is 10.0 Å². The highest BCUT2D eigenvalue weighted by Crippen LogP contribution is 2.48. The van der Waals surface area contributed by atoms with Gasteiger partial charge in [-0.15, -0.1) is 0 Å². The van der Waals surface area contributed by atoms with Gasteiger partial charge in [0.15, 0.2) is 0 Å². The SMILES string of the molecule is CC(C)S(=O)(=O)N(C)CC1CC2CCC1C2. The number of nitrogens with zero attached hydrogens (tertiary/aromatic N) is 1. The van der Waals surface area contributed by atoms with Crippen molar-refractivity contribution in [3.63, 3.8) is 0 Å². The van der Waals surface area contributed by atoms with Crippen LogP contribution in [0.15, 0.2) is 0 Å². The maximum absolute atomic E-state index is 12.0. The van der Waals surface area contributed by atoms with Crippen LogP contribution in [0.4, 0.5) is 0 Å². The van der Waals surface area contributed by atoms with Gasteiger partial charge in [0.2, 0.25) is 10.0 Å². The summed E-state index contributed by atoms with van der Waals surface area (Å²) in [5.74, 6) is 2.32. The molecule has 0 saturated heterocycles. The fourth-order valence-electron chi connectivity index (χ4n) is 3.39. The lowest BCUT2D eigenvalue weighted by Gasteiger charge is -2.27. The van der Waals surface area contributed by atoms with Crippen molar-refractivity contribution in [2.45, 2.75) is 44.8 Å². The molecule has 0 amide bonds. The van der Waals surface area contributed by atoms with Gasteiger partial charge in [-0.1, -0.05) is 6.42 Å². The zero-order valence-electron chi connectivity index (χ0n) is 10.5. The van der Waals surface area contributed by atoms with Crippen molar-refractivity contribution in [1.29, 1.82) is 0 Å². The molecule has 3 unspecified atom stereocenters. The van der Waals surface area contributed by atoms with E-state index in [4.69, 9.17) is 0 Å². The molecule has 0 heterocycles. The minimum Gasteiger partial charge on any atom is -0.212 e. The Morgan fingerprint density at radius 2 is 1.94 bits per heavy atom. The van der Waals surface area contributed by atoms with E-state index in [1.165, 1.54) is 25.7 Å². The average Bonchev–Trinajstić information content (AvgIpc) is 2.78. The highest BCUT2D eigenvalue weighted by atomic mass is 32.2. The summed E-state index contributed by atoms with van der Waals surface area (Å²) in [5.41, 5.74) is 0. The fourth-order valence-corrected chi connectivity index (χ4v) is 4.51. The Bertz CT molecular complexity index is 350. The van der Waals surface area contributed by atoms with Crippen molar-refractivity contribution in [3.8, 4) is 0 Å². The number of fused-ring (bicyclic) bond motifs is 2. The van der Waals surface area contributed by atoms with E-state index in [0.29, 0.717) is 5.92 Å². The van der Waals surface area contributed by atoms with Crippen molar-refractivity contribution >= 4 is 10.0 Å². The van der Waals surface area contributed by atoms with Gasteiger partial charge < -0.3 is 0 Å². The topological polar surface area (TPSA) is 37.4 Å². The molecule has 0 N–H and O–H groups in total. The van der Waals surface area contributed by atoms with Crippen molar-refractivity contribution < 1.29 is 8.42 Å². The molecule has 2 aliphatic rings. The number of hydrogen-bond donors (Lipinski definition) is 0. The lowest BCUT2D eigenvalue weighted by Crippen LogP contribution is -2.37. The molecule has 0 aliphatic heterocycles. The van der Waals surface area contributed by atoms with Gasteiger partial charge >= 0.3 is 0 Å². The summed E-state index contributed by atoms with van der Waals surface area (Å²) >= 11 is 0. The monoisotopic (exact) mass is 245 g/mol. The molecule has 2 saturated carbocycles. The average molecular weight is 245 g/mol. The highest BCUT2D eigenvalue weighted by molar-refractivity contribution is 7.89. The molecule has 16 heavy (non-hydrogen) atoms. The summed E-state index contributed by atoms with van der Waals surface area (Å²) < 4.78 is 25.5. The normalized spacial score (nSPS) is 34.2. The third kappa shape index (κ3) is 2.14. The van der Waals surface area contributed by atoms with E-state index in [9.17, 15) is 8.42 Å². The van der Waals surface area contributed by atoms with Gasteiger partial charge in [-0.25, -0.2) is 12.7 Å². The van der Waals surface area contributed by atoms with E-state index < -0.39 is 10.0 Å². The molecular formula is C12H23NO2S. The van der Waals surface area contributed by atoms with Crippen LogP contribution in [0.2, 0.25) is 0 Å². The minimum atomic E-state index is -3.05. The van der Waals surface area contributed by atoms with Crippen LogP contribution < -0.4 is 0 Å². The zero-order valence-corrected chi connectivity index (χ0v) is 11.3. The summed E-state index contributed by atoms with van der Waals surface area (Å²) in [5, 5.41) is -0.295. The second-order valence-electron chi connectivity index (χ2n) is 5.81. The summed E-state index contributed by atoms with van der Waals surface area (Å²) in [4.78, 5) is 0. The van der Waals surface area contributed by atoms with Gasteiger partial charge in [0, 0.05) is 13.6 Å². The first kappa shape index (κ1) is 12.4. The first-order valence-corrected chi connectivity index (χ1v) is 7.86. The quantitative estimate of drug-likeness (QED) is 0.760. The summed E-state index contributed by atoms with van der Waals surface area (Å²) in [7, 11) is -1.31. The molecule has 0 aromatic rings. The largest absolute Gasteiger partial charge is 0.216 e. The highest BCUT2D eigenvalue weighted by Gasteiger charge is 2.40. The van der Waals surface area contributed by atoms with E-state index in [1.807, 2.05) is 0 Å². The molecule has 94 valence electrons. The molecule has 4 heteroatoms. The molecule has 3 nitrogen and oxygen atoms in total. The Morgan fingerprint density at radius 3 is 2.38 bits per heavy atom. The molecule has 0 aromatic heterocycles. The minimum absolute atomic E-state index is 0.295. The van der Waals surface area contributed by atoms with Crippen LogP contribution in [0.5, 0.6) is 0 Å². The lowest BCUT2D eigenvalue weighted by atomic mass is 9.89. The Kier molecular flexibility index (Phi) is 3.32.